The van der Waals surface area contributed by atoms with Gasteiger partial charge in [0.1, 0.15) is 0 Å². The van der Waals surface area contributed by atoms with Crippen molar-refractivity contribution in [3.05, 3.63) is 0 Å². The molecule has 0 heterocycles. The Labute approximate surface area is 188 Å². The first-order valence-electron chi connectivity index (χ1n) is 11.5. The Morgan fingerprint density at radius 1 is 0.667 bits per heavy atom. The molecule has 0 radical (unpaired) electrons. The highest BCUT2D eigenvalue weighted by atomic mass is 127. The second kappa shape index (κ2) is 20.9. The van der Waals surface area contributed by atoms with Gasteiger partial charge in [0, 0.05) is 0 Å². The Morgan fingerprint density at radius 3 is 1.41 bits per heavy atom. The minimum atomic E-state index is 0. The predicted molar refractivity (Wildman–Crippen MR) is 130 cm³/mol. The van der Waals surface area contributed by atoms with Gasteiger partial charge in [0.05, 0.1) is 34.2 Å². The third-order valence-corrected chi connectivity index (χ3v) is 5.05. The summed E-state index contributed by atoms with van der Waals surface area (Å²) in [4.78, 5) is 4.16. The minimum absolute atomic E-state index is 0. The average molecular weight is 497 g/mol. The van der Waals surface area contributed by atoms with Gasteiger partial charge in [-0.05, 0) is 18.7 Å². The number of hydrogen-bond donors (Lipinski definition) is 0. The third-order valence-electron chi connectivity index (χ3n) is 5.05. The zero-order chi connectivity index (χ0) is 19.5. The third kappa shape index (κ3) is 26.2. The molecular weight excluding hydrogens is 447 g/mol. The van der Waals surface area contributed by atoms with Crippen molar-refractivity contribution in [1.82, 2.24) is 0 Å². The van der Waals surface area contributed by atoms with E-state index in [4.69, 9.17) is 0 Å². The smallest absolute Gasteiger partial charge is 0.0978 e. The molecule has 0 rings (SSSR count). The molecule has 0 saturated heterocycles. The number of unbranched alkanes of at least 4 members (excludes halogenated alkanes) is 14. The molecule has 0 aliphatic carbocycles. The highest BCUT2D eigenvalue weighted by molar-refractivity contribution is 14.0. The van der Waals surface area contributed by atoms with Crippen LogP contribution < -0.4 is 5.11 Å². The van der Waals surface area contributed by atoms with Crippen LogP contribution in [-0.4, -0.2) is 44.6 Å². The number of halogens is 1. The summed E-state index contributed by atoms with van der Waals surface area (Å²) in [6.07, 6.45) is 21.1. The van der Waals surface area contributed by atoms with Crippen LogP contribution in [0.25, 0.3) is 0 Å². The first kappa shape index (κ1) is 29.4. The molecule has 27 heavy (non-hydrogen) atoms. The van der Waals surface area contributed by atoms with Crippen LogP contribution in [0.15, 0.2) is 4.99 Å². The monoisotopic (exact) mass is 496 g/mol. The normalized spacial score (nSPS) is 12.2. The van der Waals surface area contributed by atoms with Crippen molar-refractivity contribution >= 4 is 29.9 Å². The van der Waals surface area contributed by atoms with Gasteiger partial charge in [-0.2, -0.15) is 0 Å². The summed E-state index contributed by atoms with van der Waals surface area (Å²) >= 11 is 0. The van der Waals surface area contributed by atoms with Crippen LogP contribution in [0, 0.1) is 0 Å². The average Bonchev–Trinajstić information content (AvgIpc) is 2.57. The van der Waals surface area contributed by atoms with Crippen LogP contribution in [0.2, 0.25) is 0 Å². The van der Waals surface area contributed by atoms with Crippen molar-refractivity contribution in [2.75, 3.05) is 34.2 Å². The second-order valence-electron chi connectivity index (χ2n) is 8.99. The predicted octanol–water partition coefficient (Wildman–Crippen LogP) is 6.33. The Kier molecular flexibility index (Phi) is 22.7. The van der Waals surface area contributed by atoms with Crippen molar-refractivity contribution in [2.24, 2.45) is 4.99 Å². The van der Waals surface area contributed by atoms with Crippen molar-refractivity contribution in [3.63, 3.8) is 0 Å². The topological polar surface area (TPSA) is 35.4 Å². The molecule has 0 saturated carbocycles. The lowest BCUT2D eigenvalue weighted by Crippen LogP contribution is -2.37. The highest BCUT2D eigenvalue weighted by Crippen LogP contribution is 2.13. The number of quaternary nitrogens is 1. The molecule has 164 valence electrons. The van der Waals surface area contributed by atoms with Crippen molar-refractivity contribution < 1.29 is 9.59 Å². The summed E-state index contributed by atoms with van der Waals surface area (Å²) in [5.41, 5.74) is 0. The molecule has 0 atom stereocenters. The molecule has 0 aromatic rings. The number of rotatable bonds is 19. The van der Waals surface area contributed by atoms with Gasteiger partial charge in [-0.3, -0.25) is 4.99 Å². The lowest BCUT2D eigenvalue weighted by molar-refractivity contribution is -0.868. The second-order valence-corrected chi connectivity index (χ2v) is 8.99. The summed E-state index contributed by atoms with van der Waals surface area (Å²) in [7, 11) is 6.40. The summed E-state index contributed by atoms with van der Waals surface area (Å²) in [5, 5.41) is 11.7. The molecule has 0 amide bonds. The molecule has 0 aromatic carbocycles. The van der Waals surface area contributed by atoms with Gasteiger partial charge in [-0.15, -0.1) is 24.0 Å². The fourth-order valence-electron chi connectivity index (χ4n) is 3.20. The summed E-state index contributed by atoms with van der Waals surface area (Å²) in [5.74, 6) is 0.105. The quantitative estimate of drug-likeness (QED) is 0.0677. The highest BCUT2D eigenvalue weighted by Gasteiger charge is 2.04. The van der Waals surface area contributed by atoms with E-state index in [0.29, 0.717) is 13.0 Å². The summed E-state index contributed by atoms with van der Waals surface area (Å²) in [6, 6.07) is 0. The number of likely N-dealkylation sites (N-methyl/N-ethyl adjacent to an activating group) is 1. The van der Waals surface area contributed by atoms with Crippen LogP contribution in [-0.2, 0) is 0 Å². The molecule has 0 aliphatic rings. The molecule has 3 nitrogen and oxygen atoms in total. The van der Waals surface area contributed by atoms with E-state index in [1.165, 1.54) is 89.9 Å². The van der Waals surface area contributed by atoms with E-state index in [1.807, 2.05) is 0 Å². The van der Waals surface area contributed by atoms with E-state index in [-0.39, 0.29) is 29.9 Å². The van der Waals surface area contributed by atoms with Gasteiger partial charge in [-0.1, -0.05) is 96.8 Å². The van der Waals surface area contributed by atoms with Gasteiger partial charge >= 0.3 is 0 Å². The summed E-state index contributed by atoms with van der Waals surface area (Å²) < 4.78 is 0.871. The molecule has 0 fully saturated rings. The molecule has 4 heteroatoms. The van der Waals surface area contributed by atoms with Gasteiger partial charge in [0.15, 0.2) is 0 Å². The van der Waals surface area contributed by atoms with Crippen LogP contribution in [0.4, 0.5) is 0 Å². The maximum absolute atomic E-state index is 11.7. The fraction of sp³-hybridized carbons (Fsp3) is 0.957. The molecule has 0 aromatic heterocycles. The minimum Gasteiger partial charge on any atom is -0.862 e. The lowest BCUT2D eigenvalue weighted by Gasteiger charge is -2.23. The van der Waals surface area contributed by atoms with E-state index in [1.54, 1.807) is 0 Å². The molecule has 0 aliphatic heterocycles. The van der Waals surface area contributed by atoms with Crippen molar-refractivity contribution in [3.8, 4) is 0 Å². The van der Waals surface area contributed by atoms with E-state index >= 15 is 0 Å². The first-order chi connectivity index (χ1) is 12.5. The van der Waals surface area contributed by atoms with Gasteiger partial charge in [-0.25, -0.2) is 0 Å². The molecule has 0 spiro atoms. The Hall–Kier alpha value is 0.160. The lowest BCUT2D eigenvalue weighted by atomic mass is 10.0. The Bertz CT molecular complexity index is 327. The fourth-order valence-corrected chi connectivity index (χ4v) is 3.20. The maximum Gasteiger partial charge on any atom is 0.0978 e. The molecule has 0 N–H and O–H groups in total. The van der Waals surface area contributed by atoms with Crippen LogP contribution in [0.1, 0.15) is 110 Å². The van der Waals surface area contributed by atoms with Gasteiger partial charge in [0.2, 0.25) is 0 Å². The van der Waals surface area contributed by atoms with Gasteiger partial charge < -0.3 is 9.59 Å². The van der Waals surface area contributed by atoms with E-state index in [0.717, 1.165) is 17.4 Å². The SMILES string of the molecule is CCCCCCCCCCCCCCCCCC([O-])=NCC[N+](C)(C)C.I. The largest absolute Gasteiger partial charge is 0.862 e. The van der Waals surface area contributed by atoms with Gasteiger partial charge in [0.25, 0.3) is 0 Å². The molecule has 0 unspecified atom stereocenters. The summed E-state index contributed by atoms with van der Waals surface area (Å²) in [6.45, 7) is 3.88. The van der Waals surface area contributed by atoms with Crippen molar-refractivity contribution in [1.29, 1.82) is 0 Å². The number of hydrogen-bond acceptors (Lipinski definition) is 2. The zero-order valence-corrected chi connectivity index (χ0v) is 21.3. The molecule has 0 bridgehead atoms. The van der Waals surface area contributed by atoms with Crippen LogP contribution >= 0.6 is 24.0 Å². The molecular formula is C23H49IN2O. The zero-order valence-electron chi connectivity index (χ0n) is 18.9. The Balaban J connectivity index is 0. The maximum atomic E-state index is 11.7. The van der Waals surface area contributed by atoms with E-state index in [2.05, 4.69) is 33.1 Å². The van der Waals surface area contributed by atoms with E-state index in [9.17, 15) is 5.11 Å². The van der Waals surface area contributed by atoms with Crippen LogP contribution in [0.3, 0.4) is 0 Å². The van der Waals surface area contributed by atoms with Crippen LogP contribution in [0.5, 0.6) is 0 Å². The van der Waals surface area contributed by atoms with E-state index < -0.39 is 0 Å². The Morgan fingerprint density at radius 2 is 1.04 bits per heavy atom. The first-order valence-corrected chi connectivity index (χ1v) is 11.5. The standard InChI is InChI=1S/C23H48N2O.HI/c1-5-6-7-8-9-10-11-12-13-14-15-16-17-18-19-20-23(26)24-21-22-25(2,3)4;/h5-22H2,1-4H3;1H. The number of aliphatic imine (C=N–C) groups is 1. The number of nitrogens with zero attached hydrogens (tertiary/aromatic N) is 2. The van der Waals surface area contributed by atoms with Crippen molar-refractivity contribution in [2.45, 2.75) is 110 Å².